The molecule has 0 bridgehead atoms. The summed E-state index contributed by atoms with van der Waals surface area (Å²) in [4.78, 5) is 15.7. The van der Waals surface area contributed by atoms with E-state index in [1.54, 1.807) is 0 Å². The summed E-state index contributed by atoms with van der Waals surface area (Å²) in [6.07, 6.45) is 0. The van der Waals surface area contributed by atoms with E-state index in [-0.39, 0.29) is 0 Å². The molecule has 0 fully saturated rings. The molecule has 0 amide bonds. The zero-order valence-corrected chi connectivity index (χ0v) is 27.5. The van der Waals surface area contributed by atoms with Crippen molar-refractivity contribution in [1.82, 2.24) is 15.0 Å². The van der Waals surface area contributed by atoms with Crippen LogP contribution in [-0.4, -0.2) is 15.0 Å². The molecule has 0 radical (unpaired) electrons. The van der Waals surface area contributed by atoms with Crippen LogP contribution in [0.2, 0.25) is 0 Å². The van der Waals surface area contributed by atoms with Gasteiger partial charge in [0, 0.05) is 27.5 Å². The number of rotatable bonds is 5. The van der Waals surface area contributed by atoms with Crippen LogP contribution in [0.1, 0.15) is 0 Å². The Kier molecular flexibility index (Phi) is 6.78. The molecule has 238 valence electrons. The van der Waals surface area contributed by atoms with Crippen molar-refractivity contribution in [2.75, 3.05) is 0 Å². The third kappa shape index (κ3) is 4.96. The molecule has 0 aliphatic rings. The Morgan fingerprint density at radius 3 is 1.69 bits per heavy atom. The standard InChI is InChI=1S/C47H29N3O/c1-3-13-30(14-4-1)36-25-23-31-15-7-8-18-35(31)44(36)47-49-45(32-16-5-2-6-17-32)48-46(50-47)40-27-26-34(37-19-9-10-20-38(37)40)33-24-28-43-41(29-33)39-21-11-12-22-42(39)51-43/h1-29H. The summed E-state index contributed by atoms with van der Waals surface area (Å²) in [7, 11) is 0. The zero-order chi connectivity index (χ0) is 33.7. The number of hydrogen-bond acceptors (Lipinski definition) is 4. The highest BCUT2D eigenvalue weighted by Gasteiger charge is 2.20. The maximum atomic E-state index is 6.14. The number of para-hydroxylation sites is 1. The number of nitrogens with zero attached hydrogens (tertiary/aromatic N) is 3. The predicted molar refractivity (Wildman–Crippen MR) is 209 cm³/mol. The van der Waals surface area contributed by atoms with Gasteiger partial charge in [-0.15, -0.1) is 0 Å². The topological polar surface area (TPSA) is 51.8 Å². The van der Waals surface area contributed by atoms with E-state index >= 15 is 0 Å². The molecule has 0 N–H and O–H groups in total. The molecule has 4 nitrogen and oxygen atoms in total. The summed E-state index contributed by atoms with van der Waals surface area (Å²) < 4.78 is 6.14. The highest BCUT2D eigenvalue weighted by molar-refractivity contribution is 6.09. The number of hydrogen-bond donors (Lipinski definition) is 0. The van der Waals surface area contributed by atoms with E-state index in [4.69, 9.17) is 19.4 Å². The normalized spacial score (nSPS) is 11.5. The quantitative estimate of drug-likeness (QED) is 0.186. The van der Waals surface area contributed by atoms with Gasteiger partial charge in [-0.25, -0.2) is 15.0 Å². The molecule has 2 aromatic heterocycles. The van der Waals surface area contributed by atoms with Crippen molar-refractivity contribution in [2.45, 2.75) is 0 Å². The zero-order valence-electron chi connectivity index (χ0n) is 27.5. The summed E-state index contributed by atoms with van der Waals surface area (Å²) in [5.74, 6) is 1.90. The molecule has 0 aliphatic carbocycles. The average molecular weight is 652 g/mol. The maximum Gasteiger partial charge on any atom is 0.165 e. The molecule has 8 aromatic carbocycles. The Morgan fingerprint density at radius 2 is 0.882 bits per heavy atom. The number of furan rings is 1. The van der Waals surface area contributed by atoms with Gasteiger partial charge in [0.1, 0.15) is 11.2 Å². The molecule has 0 saturated heterocycles. The first kappa shape index (κ1) is 29.0. The van der Waals surface area contributed by atoms with Gasteiger partial charge in [0.25, 0.3) is 0 Å². The fraction of sp³-hybridized carbons (Fsp3) is 0. The van der Waals surface area contributed by atoms with E-state index in [0.717, 1.165) is 82.4 Å². The van der Waals surface area contributed by atoms with Crippen LogP contribution in [0.15, 0.2) is 180 Å². The number of benzene rings is 8. The van der Waals surface area contributed by atoms with Crippen molar-refractivity contribution in [1.29, 1.82) is 0 Å². The lowest BCUT2D eigenvalue weighted by molar-refractivity contribution is 0.669. The van der Waals surface area contributed by atoms with Gasteiger partial charge in [-0.1, -0.05) is 152 Å². The Morgan fingerprint density at radius 1 is 0.314 bits per heavy atom. The van der Waals surface area contributed by atoms with E-state index in [1.165, 1.54) is 0 Å². The highest BCUT2D eigenvalue weighted by atomic mass is 16.3. The van der Waals surface area contributed by atoms with Crippen LogP contribution in [0.5, 0.6) is 0 Å². The molecule has 0 saturated carbocycles. The second-order valence-electron chi connectivity index (χ2n) is 12.8. The second kappa shape index (κ2) is 11.9. The van der Waals surface area contributed by atoms with E-state index in [0.29, 0.717) is 17.5 Å². The molecule has 0 spiro atoms. The van der Waals surface area contributed by atoms with Crippen LogP contribution in [0.4, 0.5) is 0 Å². The van der Waals surface area contributed by atoms with Gasteiger partial charge in [0.05, 0.1) is 0 Å². The van der Waals surface area contributed by atoms with Crippen molar-refractivity contribution < 1.29 is 4.42 Å². The summed E-state index contributed by atoms with van der Waals surface area (Å²) in [6, 6.07) is 61.0. The van der Waals surface area contributed by atoms with Crippen molar-refractivity contribution in [2.24, 2.45) is 0 Å². The molecule has 2 heterocycles. The number of aromatic nitrogens is 3. The number of fused-ring (bicyclic) bond motifs is 5. The minimum Gasteiger partial charge on any atom is -0.456 e. The van der Waals surface area contributed by atoms with Crippen LogP contribution in [-0.2, 0) is 0 Å². The van der Waals surface area contributed by atoms with E-state index in [2.05, 4.69) is 140 Å². The van der Waals surface area contributed by atoms with Crippen LogP contribution in [0.25, 0.3) is 99.9 Å². The third-order valence-electron chi connectivity index (χ3n) is 9.76. The fourth-order valence-corrected chi connectivity index (χ4v) is 7.33. The average Bonchev–Trinajstić information content (AvgIpc) is 3.58. The monoisotopic (exact) mass is 651 g/mol. The van der Waals surface area contributed by atoms with E-state index in [9.17, 15) is 0 Å². The molecular formula is C47H29N3O. The largest absolute Gasteiger partial charge is 0.456 e. The molecular weight excluding hydrogens is 623 g/mol. The lowest BCUT2D eigenvalue weighted by Gasteiger charge is -2.16. The fourth-order valence-electron chi connectivity index (χ4n) is 7.33. The Bertz CT molecular complexity index is 2910. The first-order chi connectivity index (χ1) is 25.3. The Balaban J connectivity index is 1.22. The SMILES string of the molecule is c1ccc(-c2nc(-c3c(-c4ccccc4)ccc4ccccc34)nc(-c3ccc(-c4ccc5oc6ccccc6c5c4)c4ccccc34)n2)cc1. The minimum atomic E-state index is 0.629. The van der Waals surface area contributed by atoms with Crippen molar-refractivity contribution in [3.63, 3.8) is 0 Å². The van der Waals surface area contributed by atoms with Crippen LogP contribution in [0, 0.1) is 0 Å². The van der Waals surface area contributed by atoms with Gasteiger partial charge < -0.3 is 4.42 Å². The van der Waals surface area contributed by atoms with Gasteiger partial charge >= 0.3 is 0 Å². The molecule has 51 heavy (non-hydrogen) atoms. The maximum absolute atomic E-state index is 6.14. The predicted octanol–water partition coefficient (Wildman–Crippen LogP) is 12.4. The first-order valence-electron chi connectivity index (χ1n) is 17.1. The molecule has 0 unspecified atom stereocenters. The summed E-state index contributed by atoms with van der Waals surface area (Å²) in [5.41, 5.74) is 9.10. The Hall–Kier alpha value is -6.91. The van der Waals surface area contributed by atoms with E-state index < -0.39 is 0 Å². The third-order valence-corrected chi connectivity index (χ3v) is 9.76. The van der Waals surface area contributed by atoms with Gasteiger partial charge in [-0.3, -0.25) is 0 Å². The molecule has 4 heteroatoms. The van der Waals surface area contributed by atoms with Crippen LogP contribution < -0.4 is 0 Å². The molecule has 10 aromatic rings. The Labute approximate surface area is 294 Å². The lowest BCUT2D eigenvalue weighted by Crippen LogP contribution is -2.02. The van der Waals surface area contributed by atoms with Gasteiger partial charge in [-0.2, -0.15) is 0 Å². The van der Waals surface area contributed by atoms with Gasteiger partial charge in [0.15, 0.2) is 17.5 Å². The lowest BCUT2D eigenvalue weighted by atomic mass is 9.93. The van der Waals surface area contributed by atoms with Crippen molar-refractivity contribution >= 4 is 43.5 Å². The van der Waals surface area contributed by atoms with Gasteiger partial charge in [0.2, 0.25) is 0 Å². The van der Waals surface area contributed by atoms with E-state index in [1.807, 2.05) is 36.4 Å². The molecule has 0 atom stereocenters. The highest BCUT2D eigenvalue weighted by Crippen LogP contribution is 2.41. The summed E-state index contributed by atoms with van der Waals surface area (Å²) >= 11 is 0. The first-order valence-corrected chi connectivity index (χ1v) is 17.1. The summed E-state index contributed by atoms with van der Waals surface area (Å²) in [6.45, 7) is 0. The van der Waals surface area contributed by atoms with Crippen LogP contribution >= 0.6 is 0 Å². The van der Waals surface area contributed by atoms with Crippen molar-refractivity contribution in [3.8, 4) is 56.4 Å². The minimum absolute atomic E-state index is 0.629. The molecule has 0 aliphatic heterocycles. The second-order valence-corrected chi connectivity index (χ2v) is 12.8. The smallest absolute Gasteiger partial charge is 0.165 e. The van der Waals surface area contributed by atoms with Crippen LogP contribution in [0.3, 0.4) is 0 Å². The molecule has 10 rings (SSSR count). The summed E-state index contributed by atoms with van der Waals surface area (Å²) in [5, 5.41) is 6.65. The van der Waals surface area contributed by atoms with Gasteiger partial charge in [-0.05, 0) is 68.1 Å². The van der Waals surface area contributed by atoms with Crippen molar-refractivity contribution in [3.05, 3.63) is 176 Å².